The lowest BCUT2D eigenvalue weighted by Gasteiger charge is -2.30. The molecule has 5 nitrogen and oxygen atoms in total. The van der Waals surface area contributed by atoms with Crippen LogP contribution in [0.25, 0.3) is 0 Å². The Hall–Kier alpha value is -1.10. The molecule has 0 spiro atoms. The molecule has 0 aromatic heterocycles. The lowest BCUT2D eigenvalue weighted by Crippen LogP contribution is -2.45. The van der Waals surface area contributed by atoms with Gasteiger partial charge in [0.25, 0.3) is 0 Å². The van der Waals surface area contributed by atoms with Crippen molar-refractivity contribution in [1.29, 1.82) is 0 Å². The van der Waals surface area contributed by atoms with E-state index < -0.39 is 0 Å². The SMILES string of the molecule is CCC(CC)CC(NC(C)=O)C1CC(C(=O)OC)CC1N. The van der Waals surface area contributed by atoms with Crippen LogP contribution in [0, 0.1) is 17.8 Å². The van der Waals surface area contributed by atoms with Crippen molar-refractivity contribution in [2.24, 2.45) is 23.5 Å². The Morgan fingerprint density at radius 3 is 2.38 bits per heavy atom. The van der Waals surface area contributed by atoms with Gasteiger partial charge in [0.15, 0.2) is 0 Å². The van der Waals surface area contributed by atoms with Crippen LogP contribution in [0.4, 0.5) is 0 Å². The minimum absolute atomic E-state index is 0.0281. The van der Waals surface area contributed by atoms with Crippen LogP contribution in [0.2, 0.25) is 0 Å². The van der Waals surface area contributed by atoms with E-state index in [9.17, 15) is 9.59 Å². The third kappa shape index (κ3) is 4.99. The Bertz CT molecular complexity index is 355. The maximum atomic E-state index is 11.7. The summed E-state index contributed by atoms with van der Waals surface area (Å²) in [6.07, 6.45) is 4.47. The van der Waals surface area contributed by atoms with Crippen molar-refractivity contribution in [3.05, 3.63) is 0 Å². The maximum absolute atomic E-state index is 11.7. The van der Waals surface area contributed by atoms with Crippen molar-refractivity contribution in [3.63, 3.8) is 0 Å². The van der Waals surface area contributed by atoms with E-state index in [0.717, 1.165) is 19.3 Å². The summed E-state index contributed by atoms with van der Waals surface area (Å²) in [5, 5.41) is 3.06. The molecule has 0 aromatic carbocycles. The predicted molar refractivity (Wildman–Crippen MR) is 82.5 cm³/mol. The normalized spacial score (nSPS) is 26.7. The third-order valence-corrected chi connectivity index (χ3v) is 4.85. The molecule has 3 N–H and O–H groups in total. The Balaban J connectivity index is 2.77. The largest absolute Gasteiger partial charge is 0.469 e. The summed E-state index contributed by atoms with van der Waals surface area (Å²) >= 11 is 0. The van der Waals surface area contributed by atoms with E-state index in [1.54, 1.807) is 0 Å². The van der Waals surface area contributed by atoms with Gasteiger partial charge in [-0.1, -0.05) is 26.7 Å². The first-order chi connectivity index (χ1) is 9.92. The molecule has 0 bridgehead atoms. The molecule has 4 unspecified atom stereocenters. The molecule has 0 aliphatic heterocycles. The molecule has 1 aliphatic rings. The van der Waals surface area contributed by atoms with Gasteiger partial charge in [-0.25, -0.2) is 0 Å². The minimum Gasteiger partial charge on any atom is -0.469 e. The Morgan fingerprint density at radius 1 is 1.29 bits per heavy atom. The first-order valence-electron chi connectivity index (χ1n) is 8.03. The van der Waals surface area contributed by atoms with Gasteiger partial charge in [-0.05, 0) is 31.1 Å². The van der Waals surface area contributed by atoms with E-state index in [2.05, 4.69) is 19.2 Å². The van der Waals surface area contributed by atoms with E-state index in [4.69, 9.17) is 10.5 Å². The maximum Gasteiger partial charge on any atom is 0.308 e. The molecule has 122 valence electrons. The summed E-state index contributed by atoms with van der Waals surface area (Å²) in [5.41, 5.74) is 6.24. The molecule has 4 atom stereocenters. The average molecular weight is 298 g/mol. The van der Waals surface area contributed by atoms with Gasteiger partial charge in [0.05, 0.1) is 13.0 Å². The second kappa shape index (κ2) is 8.37. The highest BCUT2D eigenvalue weighted by Crippen LogP contribution is 2.35. The number of carbonyl (C=O) groups excluding carboxylic acids is 2. The van der Waals surface area contributed by atoms with Gasteiger partial charge < -0.3 is 15.8 Å². The van der Waals surface area contributed by atoms with Gasteiger partial charge in [0.1, 0.15) is 0 Å². The number of carbonyl (C=O) groups is 2. The zero-order chi connectivity index (χ0) is 16.0. The first kappa shape index (κ1) is 18.0. The fraction of sp³-hybridized carbons (Fsp3) is 0.875. The molecule has 0 saturated heterocycles. The number of nitrogens with one attached hydrogen (secondary N) is 1. The predicted octanol–water partition coefficient (Wildman–Crippen LogP) is 1.84. The Kier molecular flexibility index (Phi) is 7.15. The Morgan fingerprint density at radius 2 is 1.90 bits per heavy atom. The third-order valence-electron chi connectivity index (χ3n) is 4.85. The van der Waals surface area contributed by atoms with Crippen molar-refractivity contribution in [2.75, 3.05) is 7.11 Å². The summed E-state index contributed by atoms with van der Waals surface area (Å²) in [6, 6.07) is -0.00244. The van der Waals surface area contributed by atoms with Gasteiger partial charge in [-0.15, -0.1) is 0 Å². The first-order valence-corrected chi connectivity index (χ1v) is 8.03. The molecule has 0 heterocycles. The molecule has 0 radical (unpaired) electrons. The highest BCUT2D eigenvalue weighted by atomic mass is 16.5. The number of nitrogens with two attached hydrogens (primary N) is 1. The van der Waals surface area contributed by atoms with Crippen molar-refractivity contribution >= 4 is 11.9 Å². The highest BCUT2D eigenvalue weighted by Gasteiger charge is 2.41. The molecule has 1 aliphatic carbocycles. The summed E-state index contributed by atoms with van der Waals surface area (Å²) < 4.78 is 4.83. The lowest BCUT2D eigenvalue weighted by atomic mass is 9.85. The molecule has 1 amide bonds. The standard InChI is InChI=1S/C16H30N2O3/c1-5-11(6-2)7-15(18-10(3)19)13-8-12(9-14(13)17)16(20)21-4/h11-15H,5-9,17H2,1-4H3,(H,18,19). The Labute approximate surface area is 128 Å². The van der Waals surface area contributed by atoms with E-state index in [1.807, 2.05) is 0 Å². The van der Waals surface area contributed by atoms with Crippen LogP contribution in [0.3, 0.4) is 0 Å². The van der Waals surface area contributed by atoms with Crippen molar-refractivity contribution in [3.8, 4) is 0 Å². The smallest absolute Gasteiger partial charge is 0.308 e. The zero-order valence-electron chi connectivity index (χ0n) is 13.7. The molecule has 1 rings (SSSR count). The van der Waals surface area contributed by atoms with Crippen molar-refractivity contribution in [2.45, 2.75) is 65.0 Å². The number of methoxy groups -OCH3 is 1. The van der Waals surface area contributed by atoms with Gasteiger partial charge >= 0.3 is 5.97 Å². The van der Waals surface area contributed by atoms with Crippen LogP contribution < -0.4 is 11.1 Å². The monoisotopic (exact) mass is 298 g/mol. The van der Waals surface area contributed by atoms with Crippen LogP contribution in [0.15, 0.2) is 0 Å². The molecule has 21 heavy (non-hydrogen) atoms. The fourth-order valence-corrected chi connectivity index (χ4v) is 3.51. The second-order valence-corrected chi connectivity index (χ2v) is 6.24. The van der Waals surface area contributed by atoms with Crippen LogP contribution in [-0.2, 0) is 14.3 Å². The highest BCUT2D eigenvalue weighted by molar-refractivity contribution is 5.74. The number of amides is 1. The number of ether oxygens (including phenoxy) is 1. The molecular formula is C16H30N2O3. The summed E-state index contributed by atoms with van der Waals surface area (Å²) in [6.45, 7) is 5.88. The molecule has 1 saturated carbocycles. The van der Waals surface area contributed by atoms with Gasteiger partial charge in [0.2, 0.25) is 5.91 Å². The topological polar surface area (TPSA) is 81.4 Å². The van der Waals surface area contributed by atoms with Gasteiger partial charge in [0, 0.05) is 19.0 Å². The van der Waals surface area contributed by atoms with Gasteiger partial charge in [-0.2, -0.15) is 0 Å². The summed E-state index contributed by atoms with van der Waals surface area (Å²) in [7, 11) is 1.41. The van der Waals surface area contributed by atoms with Crippen LogP contribution >= 0.6 is 0 Å². The summed E-state index contributed by atoms with van der Waals surface area (Å²) in [5.74, 6) is 0.384. The number of esters is 1. The molecule has 0 aromatic rings. The number of rotatable bonds is 7. The second-order valence-electron chi connectivity index (χ2n) is 6.24. The summed E-state index contributed by atoms with van der Waals surface area (Å²) in [4.78, 5) is 23.2. The van der Waals surface area contributed by atoms with E-state index >= 15 is 0 Å². The van der Waals surface area contributed by atoms with E-state index in [1.165, 1.54) is 14.0 Å². The van der Waals surface area contributed by atoms with E-state index in [-0.39, 0.29) is 35.8 Å². The minimum atomic E-state index is -0.183. The lowest BCUT2D eigenvalue weighted by molar-refractivity contribution is -0.145. The van der Waals surface area contributed by atoms with E-state index in [0.29, 0.717) is 18.8 Å². The quantitative estimate of drug-likeness (QED) is 0.703. The van der Waals surface area contributed by atoms with Crippen molar-refractivity contribution in [1.82, 2.24) is 5.32 Å². The van der Waals surface area contributed by atoms with Crippen LogP contribution in [-0.4, -0.2) is 31.1 Å². The van der Waals surface area contributed by atoms with Crippen LogP contribution in [0.1, 0.15) is 52.9 Å². The zero-order valence-corrected chi connectivity index (χ0v) is 13.7. The average Bonchev–Trinajstić information content (AvgIpc) is 2.84. The van der Waals surface area contributed by atoms with Crippen molar-refractivity contribution < 1.29 is 14.3 Å². The number of hydrogen-bond acceptors (Lipinski definition) is 4. The van der Waals surface area contributed by atoms with Crippen LogP contribution in [0.5, 0.6) is 0 Å². The molecule has 1 fully saturated rings. The fourth-order valence-electron chi connectivity index (χ4n) is 3.51. The number of hydrogen-bond donors (Lipinski definition) is 2. The molecule has 5 heteroatoms. The van der Waals surface area contributed by atoms with Gasteiger partial charge in [-0.3, -0.25) is 9.59 Å². The molecular weight excluding hydrogens is 268 g/mol.